The monoisotopic (exact) mass is 271 g/mol. The van der Waals surface area contributed by atoms with Gasteiger partial charge in [0.2, 0.25) is 0 Å². The first-order valence-corrected chi connectivity index (χ1v) is 8.78. The fourth-order valence-corrected chi connectivity index (χ4v) is 3.47. The van der Waals surface area contributed by atoms with Crippen molar-refractivity contribution in [3.63, 3.8) is 0 Å². The maximum Gasteiger partial charge on any atom is 0.0161 e. The molecule has 3 heteroatoms. The van der Waals surface area contributed by atoms with Gasteiger partial charge in [0.15, 0.2) is 0 Å². The zero-order valence-corrected chi connectivity index (χ0v) is 12.7. The SMILES string of the molecule is CCCNC(CCc1ccsc1)CSCCC. The van der Waals surface area contributed by atoms with Crippen molar-refractivity contribution < 1.29 is 0 Å². The Labute approximate surface area is 114 Å². The fraction of sp³-hybridized carbons (Fsp3) is 0.714. The second kappa shape index (κ2) is 9.98. The van der Waals surface area contributed by atoms with Crippen LogP contribution in [0, 0.1) is 0 Å². The van der Waals surface area contributed by atoms with Crippen molar-refractivity contribution in [2.24, 2.45) is 0 Å². The van der Waals surface area contributed by atoms with Crippen molar-refractivity contribution >= 4 is 23.1 Å². The molecule has 0 bridgehead atoms. The van der Waals surface area contributed by atoms with Gasteiger partial charge in [-0.15, -0.1) is 0 Å². The van der Waals surface area contributed by atoms with Crippen LogP contribution in [0.1, 0.15) is 38.7 Å². The molecule has 98 valence electrons. The highest BCUT2D eigenvalue weighted by molar-refractivity contribution is 7.99. The van der Waals surface area contributed by atoms with Gasteiger partial charge in [0.25, 0.3) is 0 Å². The third kappa shape index (κ3) is 7.12. The molecule has 0 saturated heterocycles. The first kappa shape index (κ1) is 15.1. The van der Waals surface area contributed by atoms with Crippen LogP contribution >= 0.6 is 23.1 Å². The summed E-state index contributed by atoms with van der Waals surface area (Å²) in [7, 11) is 0. The number of hydrogen-bond acceptors (Lipinski definition) is 3. The Bertz CT molecular complexity index is 259. The summed E-state index contributed by atoms with van der Waals surface area (Å²) in [4.78, 5) is 0. The summed E-state index contributed by atoms with van der Waals surface area (Å²) in [5.41, 5.74) is 1.50. The summed E-state index contributed by atoms with van der Waals surface area (Å²) in [5, 5.41) is 8.12. The average Bonchev–Trinajstić information content (AvgIpc) is 2.85. The number of thiophene rings is 1. The zero-order chi connectivity index (χ0) is 12.3. The Morgan fingerprint density at radius 1 is 1.35 bits per heavy atom. The number of hydrogen-bond donors (Lipinski definition) is 1. The van der Waals surface area contributed by atoms with E-state index in [-0.39, 0.29) is 0 Å². The minimum absolute atomic E-state index is 0.686. The Hall–Kier alpha value is 0.01000. The molecule has 0 aliphatic rings. The molecule has 1 aromatic heterocycles. The summed E-state index contributed by atoms with van der Waals surface area (Å²) < 4.78 is 0. The van der Waals surface area contributed by atoms with E-state index in [1.54, 1.807) is 11.3 Å². The average molecular weight is 271 g/mol. The maximum atomic E-state index is 3.67. The molecule has 0 radical (unpaired) electrons. The predicted molar refractivity (Wildman–Crippen MR) is 82.3 cm³/mol. The quantitative estimate of drug-likeness (QED) is 0.640. The molecule has 17 heavy (non-hydrogen) atoms. The largest absolute Gasteiger partial charge is 0.313 e. The number of aryl methyl sites for hydroxylation is 1. The molecule has 1 rings (SSSR count). The normalized spacial score (nSPS) is 12.8. The molecule has 0 aliphatic heterocycles. The second-order valence-electron chi connectivity index (χ2n) is 4.40. The van der Waals surface area contributed by atoms with Gasteiger partial charge in [0.1, 0.15) is 0 Å². The van der Waals surface area contributed by atoms with Gasteiger partial charge >= 0.3 is 0 Å². The molecule has 1 N–H and O–H groups in total. The van der Waals surface area contributed by atoms with Crippen molar-refractivity contribution in [3.05, 3.63) is 22.4 Å². The summed E-state index contributed by atoms with van der Waals surface area (Å²) in [6, 6.07) is 2.94. The second-order valence-corrected chi connectivity index (χ2v) is 6.33. The smallest absolute Gasteiger partial charge is 0.0161 e. The molecule has 0 saturated carbocycles. The summed E-state index contributed by atoms with van der Waals surface area (Å²) >= 11 is 3.89. The first-order valence-electron chi connectivity index (χ1n) is 6.69. The van der Waals surface area contributed by atoms with Gasteiger partial charge in [0.05, 0.1) is 0 Å². The molecule has 0 aliphatic carbocycles. The van der Waals surface area contributed by atoms with Crippen molar-refractivity contribution in [3.8, 4) is 0 Å². The van der Waals surface area contributed by atoms with Gasteiger partial charge in [-0.3, -0.25) is 0 Å². The summed E-state index contributed by atoms with van der Waals surface area (Å²) in [5.74, 6) is 2.56. The van der Waals surface area contributed by atoms with Crippen LogP contribution in [0.4, 0.5) is 0 Å². The van der Waals surface area contributed by atoms with E-state index in [1.807, 2.05) is 0 Å². The van der Waals surface area contributed by atoms with E-state index >= 15 is 0 Å². The van der Waals surface area contributed by atoms with Crippen LogP contribution < -0.4 is 5.32 Å². The minimum Gasteiger partial charge on any atom is -0.313 e. The Balaban J connectivity index is 2.23. The topological polar surface area (TPSA) is 12.0 Å². The lowest BCUT2D eigenvalue weighted by Crippen LogP contribution is -2.32. The lowest BCUT2D eigenvalue weighted by Gasteiger charge is -2.17. The van der Waals surface area contributed by atoms with Gasteiger partial charge < -0.3 is 5.32 Å². The van der Waals surface area contributed by atoms with E-state index < -0.39 is 0 Å². The molecular weight excluding hydrogens is 246 g/mol. The molecule has 1 heterocycles. The molecule has 0 aromatic carbocycles. The molecule has 1 nitrogen and oxygen atoms in total. The first-order chi connectivity index (χ1) is 8.36. The van der Waals surface area contributed by atoms with E-state index in [0.29, 0.717) is 6.04 Å². The molecule has 1 unspecified atom stereocenters. The van der Waals surface area contributed by atoms with Crippen LogP contribution in [0.5, 0.6) is 0 Å². The van der Waals surface area contributed by atoms with Crippen molar-refractivity contribution in [1.82, 2.24) is 5.32 Å². The van der Waals surface area contributed by atoms with Crippen molar-refractivity contribution in [1.29, 1.82) is 0 Å². The summed E-state index contributed by atoms with van der Waals surface area (Å²) in [6.07, 6.45) is 5.01. The van der Waals surface area contributed by atoms with Crippen LogP contribution in [0.3, 0.4) is 0 Å². The standard InChI is InChI=1S/C14H25NS2/c1-3-8-15-14(12-16-9-4-2)6-5-13-7-10-17-11-13/h7,10-11,14-15H,3-6,8-9,12H2,1-2H3. The third-order valence-electron chi connectivity index (χ3n) is 2.71. The number of nitrogens with one attached hydrogen (secondary N) is 1. The molecule has 0 amide bonds. The Morgan fingerprint density at radius 2 is 2.24 bits per heavy atom. The van der Waals surface area contributed by atoms with Crippen molar-refractivity contribution in [2.45, 2.75) is 45.6 Å². The number of thioether (sulfide) groups is 1. The summed E-state index contributed by atoms with van der Waals surface area (Å²) in [6.45, 7) is 5.65. The van der Waals surface area contributed by atoms with E-state index in [0.717, 1.165) is 6.54 Å². The lowest BCUT2D eigenvalue weighted by molar-refractivity contribution is 0.520. The van der Waals surface area contributed by atoms with Gasteiger partial charge in [-0.25, -0.2) is 0 Å². The zero-order valence-electron chi connectivity index (χ0n) is 11.1. The van der Waals surface area contributed by atoms with Crippen LogP contribution in [-0.2, 0) is 6.42 Å². The van der Waals surface area contributed by atoms with E-state index in [9.17, 15) is 0 Å². The third-order valence-corrected chi connectivity index (χ3v) is 4.78. The predicted octanol–water partition coefficient (Wildman–Crippen LogP) is 4.19. The minimum atomic E-state index is 0.686. The van der Waals surface area contributed by atoms with Gasteiger partial charge in [-0.2, -0.15) is 23.1 Å². The number of rotatable bonds is 10. The van der Waals surface area contributed by atoms with E-state index in [1.165, 1.54) is 42.8 Å². The van der Waals surface area contributed by atoms with Crippen LogP contribution in [-0.4, -0.2) is 24.1 Å². The van der Waals surface area contributed by atoms with E-state index in [4.69, 9.17) is 0 Å². The van der Waals surface area contributed by atoms with Crippen LogP contribution in [0.25, 0.3) is 0 Å². The molecule has 1 atom stereocenters. The fourth-order valence-electron chi connectivity index (χ4n) is 1.74. The van der Waals surface area contributed by atoms with Gasteiger partial charge in [-0.05, 0) is 60.4 Å². The van der Waals surface area contributed by atoms with Gasteiger partial charge in [0, 0.05) is 11.8 Å². The van der Waals surface area contributed by atoms with Gasteiger partial charge in [-0.1, -0.05) is 13.8 Å². The van der Waals surface area contributed by atoms with Crippen LogP contribution in [0.15, 0.2) is 16.8 Å². The highest BCUT2D eigenvalue weighted by atomic mass is 32.2. The molecule has 1 aromatic rings. The highest BCUT2D eigenvalue weighted by Gasteiger charge is 2.08. The molecule has 0 fully saturated rings. The Kier molecular flexibility index (Phi) is 8.85. The molecular formula is C14H25NS2. The van der Waals surface area contributed by atoms with E-state index in [2.05, 4.69) is 47.8 Å². The molecule has 0 spiro atoms. The van der Waals surface area contributed by atoms with Crippen LogP contribution in [0.2, 0.25) is 0 Å². The Morgan fingerprint density at radius 3 is 2.88 bits per heavy atom. The highest BCUT2D eigenvalue weighted by Crippen LogP contribution is 2.13. The van der Waals surface area contributed by atoms with Crippen molar-refractivity contribution in [2.75, 3.05) is 18.1 Å². The lowest BCUT2D eigenvalue weighted by atomic mass is 10.1. The maximum absolute atomic E-state index is 3.67.